The van der Waals surface area contributed by atoms with E-state index in [9.17, 15) is 0 Å². The number of aliphatic hydroxyl groups excluding tert-OH is 1. The van der Waals surface area contributed by atoms with Crippen molar-refractivity contribution in [3.05, 3.63) is 0 Å². The van der Waals surface area contributed by atoms with Crippen LogP contribution in [0, 0.1) is 5.41 Å². The highest BCUT2D eigenvalue weighted by atomic mass is 79.9. The van der Waals surface area contributed by atoms with Gasteiger partial charge in [-0.25, -0.2) is 0 Å². The summed E-state index contributed by atoms with van der Waals surface area (Å²) in [6, 6.07) is 0. The van der Waals surface area contributed by atoms with E-state index in [1.165, 1.54) is 0 Å². The number of ether oxygens (including phenoxy) is 2. The highest BCUT2D eigenvalue weighted by Crippen LogP contribution is 2.23. The quantitative estimate of drug-likeness (QED) is 0.670. The molecule has 1 aliphatic rings. The molecule has 1 fully saturated rings. The van der Waals surface area contributed by atoms with E-state index in [1.54, 1.807) is 0 Å². The third-order valence-electron chi connectivity index (χ3n) is 1.60. The summed E-state index contributed by atoms with van der Waals surface area (Å²) in [5, 5.41) is 9.67. The SMILES string of the molecule is OCC1(CBr)COCOC1. The van der Waals surface area contributed by atoms with Crippen molar-refractivity contribution in [3.8, 4) is 0 Å². The average Bonchev–Trinajstić information content (AvgIpc) is 2.06. The van der Waals surface area contributed by atoms with E-state index in [0.29, 0.717) is 20.0 Å². The summed E-state index contributed by atoms with van der Waals surface area (Å²) in [7, 11) is 0. The smallest absolute Gasteiger partial charge is 0.146 e. The van der Waals surface area contributed by atoms with Gasteiger partial charge < -0.3 is 14.6 Å². The van der Waals surface area contributed by atoms with Gasteiger partial charge in [-0.15, -0.1) is 0 Å². The Kier molecular flexibility index (Phi) is 3.10. The Morgan fingerprint density at radius 2 is 2.00 bits per heavy atom. The van der Waals surface area contributed by atoms with Crippen molar-refractivity contribution in [3.63, 3.8) is 0 Å². The van der Waals surface area contributed by atoms with Gasteiger partial charge in [0.1, 0.15) is 6.79 Å². The Balaban J connectivity index is 2.44. The summed E-state index contributed by atoms with van der Waals surface area (Å²) in [6.07, 6.45) is 0. The predicted octanol–water partition coefficient (Wildman–Crippen LogP) is 0.364. The number of hydrogen-bond acceptors (Lipinski definition) is 3. The first-order valence-corrected chi connectivity index (χ1v) is 4.27. The van der Waals surface area contributed by atoms with E-state index >= 15 is 0 Å². The van der Waals surface area contributed by atoms with Gasteiger partial charge in [0.05, 0.1) is 25.2 Å². The second kappa shape index (κ2) is 3.67. The first-order chi connectivity index (χ1) is 4.83. The third-order valence-corrected chi connectivity index (χ3v) is 2.79. The summed E-state index contributed by atoms with van der Waals surface area (Å²) in [5.74, 6) is 0. The molecule has 0 radical (unpaired) electrons. The van der Waals surface area contributed by atoms with E-state index in [4.69, 9.17) is 14.6 Å². The van der Waals surface area contributed by atoms with E-state index < -0.39 is 0 Å². The van der Waals surface area contributed by atoms with Gasteiger partial charge >= 0.3 is 0 Å². The van der Waals surface area contributed by atoms with Gasteiger partial charge in [0.25, 0.3) is 0 Å². The highest BCUT2D eigenvalue weighted by molar-refractivity contribution is 9.09. The molecule has 3 nitrogen and oxygen atoms in total. The molecule has 0 atom stereocenters. The first kappa shape index (κ1) is 8.46. The minimum Gasteiger partial charge on any atom is -0.396 e. The van der Waals surface area contributed by atoms with Crippen molar-refractivity contribution in [2.45, 2.75) is 0 Å². The molecule has 0 aromatic carbocycles. The Hall–Kier alpha value is 0.360. The lowest BCUT2D eigenvalue weighted by atomic mass is 9.94. The van der Waals surface area contributed by atoms with Gasteiger partial charge in [0, 0.05) is 5.33 Å². The van der Waals surface area contributed by atoms with Crippen LogP contribution in [-0.2, 0) is 9.47 Å². The van der Waals surface area contributed by atoms with Gasteiger partial charge in [-0.3, -0.25) is 0 Å². The zero-order chi connectivity index (χ0) is 7.45. The van der Waals surface area contributed by atoms with Crippen molar-refractivity contribution >= 4 is 15.9 Å². The Morgan fingerprint density at radius 3 is 2.30 bits per heavy atom. The van der Waals surface area contributed by atoms with Crippen LogP contribution in [0.2, 0.25) is 0 Å². The number of hydrogen-bond donors (Lipinski definition) is 1. The molecule has 60 valence electrons. The molecule has 1 heterocycles. The molecule has 0 aromatic rings. The molecule has 1 N–H and O–H groups in total. The van der Waals surface area contributed by atoms with Gasteiger partial charge in [-0.05, 0) is 0 Å². The summed E-state index contributed by atoms with van der Waals surface area (Å²) < 4.78 is 10.1. The minimum absolute atomic E-state index is 0.109. The Morgan fingerprint density at radius 1 is 1.40 bits per heavy atom. The first-order valence-electron chi connectivity index (χ1n) is 3.15. The zero-order valence-electron chi connectivity index (χ0n) is 5.68. The van der Waals surface area contributed by atoms with E-state index in [2.05, 4.69) is 15.9 Å². The lowest BCUT2D eigenvalue weighted by Gasteiger charge is -2.32. The largest absolute Gasteiger partial charge is 0.396 e. The topological polar surface area (TPSA) is 38.7 Å². The second-order valence-corrected chi connectivity index (χ2v) is 3.17. The maximum atomic E-state index is 8.95. The van der Waals surface area contributed by atoms with Crippen molar-refractivity contribution in [1.82, 2.24) is 0 Å². The minimum atomic E-state index is -0.210. The van der Waals surface area contributed by atoms with Gasteiger partial charge in [-0.1, -0.05) is 15.9 Å². The molecule has 1 aliphatic heterocycles. The lowest BCUT2D eigenvalue weighted by Crippen LogP contribution is -2.41. The molecule has 10 heavy (non-hydrogen) atoms. The predicted molar refractivity (Wildman–Crippen MR) is 40.1 cm³/mol. The van der Waals surface area contributed by atoms with Crippen LogP contribution in [0.3, 0.4) is 0 Å². The van der Waals surface area contributed by atoms with Gasteiger partial charge in [0.15, 0.2) is 0 Å². The van der Waals surface area contributed by atoms with E-state index in [0.717, 1.165) is 5.33 Å². The van der Waals surface area contributed by atoms with Crippen LogP contribution in [0.15, 0.2) is 0 Å². The summed E-state index contributed by atoms with van der Waals surface area (Å²) in [4.78, 5) is 0. The molecule has 4 heteroatoms. The van der Waals surface area contributed by atoms with E-state index in [1.807, 2.05) is 0 Å². The van der Waals surface area contributed by atoms with Crippen LogP contribution in [0.1, 0.15) is 0 Å². The molecule has 0 aliphatic carbocycles. The molecule has 0 amide bonds. The summed E-state index contributed by atoms with van der Waals surface area (Å²) in [5.41, 5.74) is -0.210. The van der Waals surface area contributed by atoms with Gasteiger partial charge in [-0.2, -0.15) is 0 Å². The average molecular weight is 211 g/mol. The third kappa shape index (κ3) is 1.69. The van der Waals surface area contributed by atoms with Crippen molar-refractivity contribution in [2.75, 3.05) is 31.9 Å². The maximum absolute atomic E-state index is 8.95. The number of halogens is 1. The standard InChI is InChI=1S/C6H11BrO3/c7-1-6(2-8)3-9-5-10-4-6/h8H,1-5H2. The van der Waals surface area contributed by atoms with Gasteiger partial charge in [0.2, 0.25) is 0 Å². The molecule has 1 rings (SSSR count). The zero-order valence-corrected chi connectivity index (χ0v) is 7.26. The normalized spacial score (nSPS) is 24.6. The fraction of sp³-hybridized carbons (Fsp3) is 1.00. The molecule has 0 bridgehead atoms. The van der Waals surface area contributed by atoms with Crippen LogP contribution in [0.5, 0.6) is 0 Å². The monoisotopic (exact) mass is 210 g/mol. The Bertz CT molecular complexity index is 95.2. The fourth-order valence-corrected chi connectivity index (χ4v) is 1.33. The molecule has 0 spiro atoms. The highest BCUT2D eigenvalue weighted by Gasteiger charge is 2.31. The maximum Gasteiger partial charge on any atom is 0.146 e. The number of aliphatic hydroxyl groups is 1. The molecule has 0 saturated carbocycles. The fourth-order valence-electron chi connectivity index (χ4n) is 0.828. The van der Waals surface area contributed by atoms with Crippen LogP contribution in [0.4, 0.5) is 0 Å². The second-order valence-electron chi connectivity index (χ2n) is 2.61. The Labute approximate surface area is 68.4 Å². The van der Waals surface area contributed by atoms with Crippen LogP contribution >= 0.6 is 15.9 Å². The molecule has 0 aromatic heterocycles. The summed E-state index contributed by atoms with van der Waals surface area (Å²) >= 11 is 3.31. The van der Waals surface area contributed by atoms with Crippen LogP contribution in [0.25, 0.3) is 0 Å². The number of rotatable bonds is 2. The molecule has 1 saturated heterocycles. The van der Waals surface area contributed by atoms with Crippen molar-refractivity contribution < 1.29 is 14.6 Å². The van der Waals surface area contributed by atoms with Crippen molar-refractivity contribution in [2.24, 2.45) is 5.41 Å². The molecular weight excluding hydrogens is 200 g/mol. The van der Waals surface area contributed by atoms with Crippen molar-refractivity contribution in [1.29, 1.82) is 0 Å². The number of alkyl halides is 1. The summed E-state index contributed by atoms with van der Waals surface area (Å²) in [6.45, 7) is 1.62. The van der Waals surface area contributed by atoms with E-state index in [-0.39, 0.29) is 12.0 Å². The van der Waals surface area contributed by atoms with Crippen LogP contribution in [-0.4, -0.2) is 37.1 Å². The molecule has 0 unspecified atom stereocenters. The van der Waals surface area contributed by atoms with Crippen LogP contribution < -0.4 is 0 Å². The molecular formula is C6H11BrO3. The lowest BCUT2D eigenvalue weighted by molar-refractivity contribution is -0.167.